The highest BCUT2D eigenvalue weighted by Gasteiger charge is 2.24. The monoisotopic (exact) mass is 512 g/mol. The maximum Gasteiger partial charge on any atom is 0.270 e. The van der Waals surface area contributed by atoms with Crippen LogP contribution in [-0.4, -0.2) is 77.5 Å². The number of thiazole rings is 1. The quantitative estimate of drug-likeness (QED) is 0.412. The van der Waals surface area contributed by atoms with Gasteiger partial charge in [-0.3, -0.25) is 23.9 Å². The van der Waals surface area contributed by atoms with E-state index in [9.17, 15) is 19.6 Å². The van der Waals surface area contributed by atoms with E-state index < -0.39 is 5.91 Å². The molecule has 1 aliphatic rings. The van der Waals surface area contributed by atoms with Gasteiger partial charge in [0.1, 0.15) is 26.9 Å². The maximum absolute atomic E-state index is 12.8. The van der Waals surface area contributed by atoms with Gasteiger partial charge in [0.2, 0.25) is 5.91 Å². The van der Waals surface area contributed by atoms with Crippen molar-refractivity contribution in [2.24, 2.45) is 0 Å². The Labute approximate surface area is 213 Å². The van der Waals surface area contributed by atoms with Crippen molar-refractivity contribution in [1.29, 1.82) is 5.26 Å². The molecule has 0 aromatic carbocycles. The van der Waals surface area contributed by atoms with Gasteiger partial charge < -0.3 is 20.9 Å². The third-order valence-electron chi connectivity index (χ3n) is 5.86. The molecular formula is C24H32N8O3S. The van der Waals surface area contributed by atoms with Crippen molar-refractivity contribution in [2.45, 2.75) is 32.9 Å². The number of carbonyl (C=O) groups is 2. The second-order valence-corrected chi connectivity index (χ2v) is 9.56. The average molecular weight is 513 g/mol. The third-order valence-corrected chi connectivity index (χ3v) is 6.99. The van der Waals surface area contributed by atoms with E-state index in [4.69, 9.17) is 0 Å². The Kier molecular flexibility index (Phi) is 9.35. The number of pyridine rings is 1. The fourth-order valence-electron chi connectivity index (χ4n) is 3.97. The smallest absolute Gasteiger partial charge is 0.270 e. The molecule has 3 N–H and O–H groups in total. The van der Waals surface area contributed by atoms with Crippen molar-refractivity contribution < 1.29 is 9.59 Å². The first-order valence-corrected chi connectivity index (χ1v) is 12.6. The summed E-state index contributed by atoms with van der Waals surface area (Å²) < 4.78 is 2.02. The number of nitriles is 1. The predicted octanol–water partition coefficient (Wildman–Crippen LogP) is -0.440. The molecule has 1 atom stereocenters. The molecule has 0 spiro atoms. The molecule has 11 nitrogen and oxygen atoms in total. The number of carbonyl (C=O) groups excluding carboxylic acids is 2. The van der Waals surface area contributed by atoms with E-state index in [-0.39, 0.29) is 23.6 Å². The van der Waals surface area contributed by atoms with Crippen molar-refractivity contribution in [3.05, 3.63) is 37.7 Å². The van der Waals surface area contributed by atoms with Gasteiger partial charge in [0.25, 0.3) is 11.5 Å². The lowest BCUT2D eigenvalue weighted by atomic mass is 10.2. The number of hydrogen-bond donors (Lipinski definition) is 3. The Morgan fingerprint density at radius 2 is 2.08 bits per heavy atom. The summed E-state index contributed by atoms with van der Waals surface area (Å²) in [5.41, 5.74) is -0.412. The van der Waals surface area contributed by atoms with Crippen LogP contribution in [0.1, 0.15) is 20.3 Å². The molecule has 3 rings (SSSR count). The number of nitrogens with zero attached hydrogens (tertiary/aromatic N) is 5. The predicted molar refractivity (Wildman–Crippen MR) is 141 cm³/mol. The largest absolute Gasteiger partial charge is 0.352 e. The number of amides is 2. The molecule has 1 aliphatic heterocycles. The third kappa shape index (κ3) is 6.57. The van der Waals surface area contributed by atoms with Gasteiger partial charge in [0.05, 0.1) is 6.54 Å². The van der Waals surface area contributed by atoms with Crippen LogP contribution in [0.4, 0.5) is 11.6 Å². The zero-order valence-corrected chi connectivity index (χ0v) is 21.8. The molecular weight excluding hydrogens is 480 g/mol. The number of rotatable bonds is 9. The average Bonchev–Trinajstić information content (AvgIpc) is 3.41. The minimum atomic E-state index is -0.515. The SMILES string of the molecule is CCNC(=O)/C(C#N)=c1\s/c(=C/Nc2cccc(NC(=O)CN(C)C3CCN(C)C3)n2)c(=O)n1CC. The van der Waals surface area contributed by atoms with Gasteiger partial charge in [0.15, 0.2) is 5.57 Å². The molecule has 1 saturated heterocycles. The number of likely N-dealkylation sites (N-methyl/N-ethyl adjacent to an activating group) is 2. The number of likely N-dealkylation sites (tertiary alicyclic amines) is 1. The summed E-state index contributed by atoms with van der Waals surface area (Å²) in [5.74, 6) is 0.159. The molecule has 1 fully saturated rings. The van der Waals surface area contributed by atoms with E-state index in [1.807, 2.05) is 13.1 Å². The van der Waals surface area contributed by atoms with Crippen LogP contribution in [-0.2, 0) is 16.1 Å². The molecule has 2 amide bonds. The molecule has 12 heteroatoms. The van der Waals surface area contributed by atoms with Gasteiger partial charge in [-0.15, -0.1) is 11.3 Å². The Morgan fingerprint density at radius 3 is 2.72 bits per heavy atom. The van der Waals surface area contributed by atoms with E-state index >= 15 is 0 Å². The summed E-state index contributed by atoms with van der Waals surface area (Å²) in [6.07, 6.45) is 2.53. The molecule has 192 valence electrons. The van der Waals surface area contributed by atoms with Crippen molar-refractivity contribution >= 4 is 46.6 Å². The fraction of sp³-hybridized carbons (Fsp3) is 0.458. The Morgan fingerprint density at radius 1 is 1.33 bits per heavy atom. The first-order valence-electron chi connectivity index (χ1n) is 11.8. The summed E-state index contributed by atoms with van der Waals surface area (Å²) in [6.45, 7) is 6.46. The maximum atomic E-state index is 12.8. The van der Waals surface area contributed by atoms with E-state index in [1.165, 1.54) is 10.8 Å². The van der Waals surface area contributed by atoms with Gasteiger partial charge in [-0.05, 0) is 53.0 Å². The Hall–Kier alpha value is -3.53. The molecule has 0 bridgehead atoms. The highest BCUT2D eigenvalue weighted by Crippen LogP contribution is 2.13. The minimum Gasteiger partial charge on any atom is -0.352 e. The second kappa shape index (κ2) is 12.4. The van der Waals surface area contributed by atoms with Gasteiger partial charge in [-0.1, -0.05) is 6.07 Å². The molecule has 0 radical (unpaired) electrons. The highest BCUT2D eigenvalue weighted by molar-refractivity contribution is 7.07. The summed E-state index contributed by atoms with van der Waals surface area (Å²) >= 11 is 1.06. The van der Waals surface area contributed by atoms with Crippen LogP contribution in [0.5, 0.6) is 0 Å². The van der Waals surface area contributed by atoms with Crippen molar-refractivity contribution in [3.63, 3.8) is 0 Å². The lowest BCUT2D eigenvalue weighted by Crippen LogP contribution is -2.39. The van der Waals surface area contributed by atoms with Crippen LogP contribution in [0.2, 0.25) is 0 Å². The minimum absolute atomic E-state index is 0.0995. The van der Waals surface area contributed by atoms with Gasteiger partial charge in [-0.2, -0.15) is 5.26 Å². The van der Waals surface area contributed by atoms with Crippen molar-refractivity contribution in [1.82, 2.24) is 24.7 Å². The first kappa shape index (κ1) is 27.1. The molecule has 0 aliphatic carbocycles. The summed E-state index contributed by atoms with van der Waals surface area (Å²) in [4.78, 5) is 46.3. The molecule has 2 aromatic rings. The lowest BCUT2D eigenvalue weighted by molar-refractivity contribution is -0.117. The Bertz CT molecular complexity index is 1330. The van der Waals surface area contributed by atoms with E-state index in [0.717, 1.165) is 30.8 Å². The highest BCUT2D eigenvalue weighted by atomic mass is 32.1. The van der Waals surface area contributed by atoms with Crippen LogP contribution in [0.3, 0.4) is 0 Å². The normalized spacial score (nSPS) is 17.1. The van der Waals surface area contributed by atoms with Gasteiger partial charge >= 0.3 is 0 Å². The van der Waals surface area contributed by atoms with Crippen LogP contribution in [0, 0.1) is 11.3 Å². The molecule has 2 aromatic heterocycles. The summed E-state index contributed by atoms with van der Waals surface area (Å²) in [6, 6.07) is 7.42. The zero-order valence-electron chi connectivity index (χ0n) is 21.0. The zero-order chi connectivity index (χ0) is 26.2. The van der Waals surface area contributed by atoms with Crippen LogP contribution in [0.15, 0.2) is 23.0 Å². The number of aromatic nitrogens is 2. The molecule has 3 heterocycles. The number of anilines is 2. The molecule has 0 saturated carbocycles. The molecule has 36 heavy (non-hydrogen) atoms. The summed E-state index contributed by atoms with van der Waals surface area (Å²) in [7, 11) is 4.02. The second-order valence-electron chi connectivity index (χ2n) is 8.53. The number of nitrogens with one attached hydrogen (secondary N) is 3. The van der Waals surface area contributed by atoms with E-state index in [2.05, 4.69) is 37.8 Å². The molecule has 1 unspecified atom stereocenters. The van der Waals surface area contributed by atoms with Crippen LogP contribution < -0.4 is 30.7 Å². The van der Waals surface area contributed by atoms with E-state index in [0.29, 0.717) is 40.0 Å². The van der Waals surface area contributed by atoms with Crippen molar-refractivity contribution in [2.75, 3.05) is 50.9 Å². The van der Waals surface area contributed by atoms with Crippen molar-refractivity contribution in [3.8, 4) is 6.07 Å². The van der Waals surface area contributed by atoms with Crippen LogP contribution in [0.25, 0.3) is 11.8 Å². The van der Waals surface area contributed by atoms with Gasteiger partial charge in [0, 0.05) is 31.9 Å². The standard InChI is InChI=1S/C24H32N8O3S/c1-5-26-22(34)17(12-25)24-32(6-2)23(35)18(36-24)13-27-19-8-7-9-20(28-19)29-21(33)15-31(4)16-10-11-30(3)14-16/h7-9,13,16H,5-6,10-11,14-15H2,1-4H3,(H,26,34)(H2,27,28,29,33)/b18-13+,24-17-. The van der Waals surface area contributed by atoms with Crippen LogP contribution >= 0.6 is 11.3 Å². The lowest BCUT2D eigenvalue weighted by Gasteiger charge is -2.23. The Balaban J connectivity index is 1.76. The first-order chi connectivity index (χ1) is 17.3. The van der Waals surface area contributed by atoms with Gasteiger partial charge in [-0.25, -0.2) is 4.98 Å². The topological polar surface area (TPSA) is 135 Å². The number of hydrogen-bond acceptors (Lipinski definition) is 9. The summed E-state index contributed by atoms with van der Waals surface area (Å²) in [5, 5.41) is 17.9. The van der Waals surface area contributed by atoms with E-state index in [1.54, 1.807) is 32.0 Å². The fourth-order valence-corrected chi connectivity index (χ4v) is 5.06.